The topological polar surface area (TPSA) is 46.5 Å². The standard InChI is InChI=1S/C12H10F6O3/c13-11(14,15)8-3-7(1-2-21-6-10(19)20)4-9(5-8)12(16,17)18/h3-5H,1-2,6H2,(H,19,20). The molecule has 0 spiro atoms. The molecule has 0 aromatic heterocycles. The van der Waals surface area contributed by atoms with Crippen molar-refractivity contribution in [3.63, 3.8) is 0 Å². The molecule has 0 atom stereocenters. The molecule has 0 radical (unpaired) electrons. The van der Waals surface area contributed by atoms with Crippen molar-refractivity contribution in [3.05, 3.63) is 34.9 Å². The van der Waals surface area contributed by atoms with Crippen LogP contribution in [0, 0.1) is 0 Å². The number of benzene rings is 1. The predicted octanol–water partition coefficient (Wildman–Crippen LogP) is 3.37. The van der Waals surface area contributed by atoms with Crippen LogP contribution in [0.3, 0.4) is 0 Å². The zero-order chi connectivity index (χ0) is 16.3. The average molecular weight is 316 g/mol. The van der Waals surface area contributed by atoms with Gasteiger partial charge in [-0.3, -0.25) is 0 Å². The molecule has 1 rings (SSSR count). The Morgan fingerprint density at radius 3 is 1.86 bits per heavy atom. The highest BCUT2D eigenvalue weighted by atomic mass is 19.4. The van der Waals surface area contributed by atoms with E-state index in [0.717, 1.165) is 0 Å². The molecule has 1 N–H and O–H groups in total. The average Bonchev–Trinajstić information content (AvgIpc) is 2.32. The second-order valence-corrected chi connectivity index (χ2v) is 4.11. The summed E-state index contributed by atoms with van der Waals surface area (Å²) in [5, 5.41) is 8.29. The van der Waals surface area contributed by atoms with Gasteiger partial charge in [-0.15, -0.1) is 0 Å². The lowest BCUT2D eigenvalue weighted by molar-refractivity contribution is -0.143. The molecule has 21 heavy (non-hydrogen) atoms. The number of ether oxygens (including phenoxy) is 1. The van der Waals surface area contributed by atoms with Gasteiger partial charge in [0.25, 0.3) is 0 Å². The van der Waals surface area contributed by atoms with Crippen LogP contribution in [0.1, 0.15) is 16.7 Å². The Balaban J connectivity index is 2.95. The minimum Gasteiger partial charge on any atom is -0.480 e. The Kier molecular flexibility index (Phi) is 5.21. The molecule has 0 aliphatic carbocycles. The molecule has 0 bridgehead atoms. The van der Waals surface area contributed by atoms with Gasteiger partial charge in [-0.1, -0.05) is 0 Å². The molecular formula is C12H10F6O3. The van der Waals surface area contributed by atoms with Crippen LogP contribution in [-0.4, -0.2) is 24.3 Å². The van der Waals surface area contributed by atoms with E-state index in [9.17, 15) is 31.1 Å². The second-order valence-electron chi connectivity index (χ2n) is 4.11. The highest BCUT2D eigenvalue weighted by Gasteiger charge is 2.36. The van der Waals surface area contributed by atoms with Crippen LogP contribution in [0.2, 0.25) is 0 Å². The van der Waals surface area contributed by atoms with Crippen molar-refractivity contribution < 1.29 is 41.0 Å². The first-order chi connectivity index (χ1) is 9.50. The van der Waals surface area contributed by atoms with Gasteiger partial charge in [-0.05, 0) is 30.2 Å². The Morgan fingerprint density at radius 2 is 1.48 bits per heavy atom. The largest absolute Gasteiger partial charge is 0.480 e. The van der Waals surface area contributed by atoms with E-state index in [-0.39, 0.29) is 24.7 Å². The Labute approximate surface area is 115 Å². The van der Waals surface area contributed by atoms with E-state index in [1.807, 2.05) is 0 Å². The zero-order valence-corrected chi connectivity index (χ0v) is 10.4. The van der Waals surface area contributed by atoms with Gasteiger partial charge in [0.05, 0.1) is 17.7 Å². The van der Waals surface area contributed by atoms with E-state index < -0.39 is 36.1 Å². The summed E-state index contributed by atoms with van der Waals surface area (Å²) in [6.45, 7) is -0.976. The third-order valence-electron chi connectivity index (χ3n) is 2.41. The molecule has 1 aromatic rings. The summed E-state index contributed by atoms with van der Waals surface area (Å²) in [5.41, 5.74) is -3.06. The lowest BCUT2D eigenvalue weighted by atomic mass is 10.0. The van der Waals surface area contributed by atoms with Gasteiger partial charge < -0.3 is 9.84 Å². The van der Waals surface area contributed by atoms with Crippen LogP contribution in [0.25, 0.3) is 0 Å². The van der Waals surface area contributed by atoms with Crippen molar-refractivity contribution in [1.29, 1.82) is 0 Å². The lowest BCUT2D eigenvalue weighted by Gasteiger charge is -2.14. The smallest absolute Gasteiger partial charge is 0.416 e. The minimum absolute atomic E-state index is 0.0294. The van der Waals surface area contributed by atoms with Crippen LogP contribution < -0.4 is 0 Å². The fourth-order valence-electron chi connectivity index (χ4n) is 1.51. The third-order valence-corrected chi connectivity index (χ3v) is 2.41. The second kappa shape index (κ2) is 6.33. The van der Waals surface area contributed by atoms with Gasteiger partial charge in [0.15, 0.2) is 0 Å². The van der Waals surface area contributed by atoms with Crippen LogP contribution in [0.5, 0.6) is 0 Å². The first kappa shape index (κ1) is 17.3. The van der Waals surface area contributed by atoms with E-state index in [1.165, 1.54) is 0 Å². The number of hydrogen-bond donors (Lipinski definition) is 1. The van der Waals surface area contributed by atoms with Crippen molar-refractivity contribution in [1.82, 2.24) is 0 Å². The maximum atomic E-state index is 12.6. The first-order valence-corrected chi connectivity index (χ1v) is 5.58. The fourth-order valence-corrected chi connectivity index (χ4v) is 1.51. The number of carbonyl (C=O) groups is 1. The van der Waals surface area contributed by atoms with Gasteiger partial charge >= 0.3 is 18.3 Å². The van der Waals surface area contributed by atoms with Crippen molar-refractivity contribution >= 4 is 5.97 Å². The van der Waals surface area contributed by atoms with Gasteiger partial charge in [0.1, 0.15) is 6.61 Å². The molecule has 118 valence electrons. The van der Waals surface area contributed by atoms with Crippen LogP contribution in [0.4, 0.5) is 26.3 Å². The number of aliphatic carboxylic acids is 1. The van der Waals surface area contributed by atoms with Crippen molar-refractivity contribution in [2.75, 3.05) is 13.2 Å². The summed E-state index contributed by atoms with van der Waals surface area (Å²) < 4.78 is 79.9. The maximum absolute atomic E-state index is 12.6. The number of rotatable bonds is 5. The highest BCUT2D eigenvalue weighted by Crippen LogP contribution is 2.36. The van der Waals surface area contributed by atoms with E-state index in [1.54, 1.807) is 0 Å². The normalized spacial score (nSPS) is 12.5. The lowest BCUT2D eigenvalue weighted by Crippen LogP contribution is -2.13. The Morgan fingerprint density at radius 1 is 1.00 bits per heavy atom. The van der Waals surface area contributed by atoms with E-state index in [0.29, 0.717) is 12.1 Å². The molecule has 1 aromatic carbocycles. The van der Waals surface area contributed by atoms with Crippen molar-refractivity contribution in [3.8, 4) is 0 Å². The van der Waals surface area contributed by atoms with E-state index in [4.69, 9.17) is 5.11 Å². The van der Waals surface area contributed by atoms with Crippen LogP contribution in [0.15, 0.2) is 18.2 Å². The maximum Gasteiger partial charge on any atom is 0.416 e. The Bertz CT molecular complexity index is 474. The zero-order valence-electron chi connectivity index (χ0n) is 10.4. The summed E-state index contributed by atoms with van der Waals surface area (Å²) in [5.74, 6) is -1.28. The number of hydrogen-bond acceptors (Lipinski definition) is 2. The number of carboxylic acid groups (broad SMARTS) is 1. The van der Waals surface area contributed by atoms with E-state index >= 15 is 0 Å². The monoisotopic (exact) mass is 316 g/mol. The Hall–Kier alpha value is -1.77. The summed E-state index contributed by atoms with van der Waals surface area (Å²) in [6, 6.07) is 1.19. The van der Waals surface area contributed by atoms with Crippen LogP contribution in [-0.2, 0) is 28.3 Å². The van der Waals surface area contributed by atoms with E-state index in [2.05, 4.69) is 4.74 Å². The molecule has 0 heterocycles. The van der Waals surface area contributed by atoms with Crippen LogP contribution >= 0.6 is 0 Å². The molecule has 0 saturated carbocycles. The number of halogens is 6. The van der Waals surface area contributed by atoms with Gasteiger partial charge in [-0.25, -0.2) is 4.79 Å². The molecule has 3 nitrogen and oxygen atoms in total. The fraction of sp³-hybridized carbons (Fsp3) is 0.417. The van der Waals surface area contributed by atoms with Gasteiger partial charge in [-0.2, -0.15) is 26.3 Å². The first-order valence-electron chi connectivity index (χ1n) is 5.58. The summed E-state index contributed by atoms with van der Waals surface area (Å²) >= 11 is 0. The third kappa shape index (κ3) is 5.62. The summed E-state index contributed by atoms with van der Waals surface area (Å²) in [4.78, 5) is 10.2. The number of carboxylic acids is 1. The quantitative estimate of drug-likeness (QED) is 0.669. The predicted molar refractivity (Wildman–Crippen MR) is 58.6 cm³/mol. The molecule has 0 saturated heterocycles. The molecule has 0 aliphatic heterocycles. The summed E-state index contributed by atoms with van der Waals surface area (Å²) in [7, 11) is 0. The molecule has 0 unspecified atom stereocenters. The molecule has 0 amide bonds. The van der Waals surface area contributed by atoms with Crippen molar-refractivity contribution in [2.24, 2.45) is 0 Å². The molecule has 9 heteroatoms. The minimum atomic E-state index is -4.90. The van der Waals surface area contributed by atoms with Gasteiger partial charge in [0, 0.05) is 0 Å². The summed E-state index contributed by atoms with van der Waals surface area (Å²) in [6.07, 6.45) is -10.1. The highest BCUT2D eigenvalue weighted by molar-refractivity contribution is 5.67. The SMILES string of the molecule is O=C(O)COCCc1cc(C(F)(F)F)cc(C(F)(F)F)c1. The number of alkyl halides is 6. The van der Waals surface area contributed by atoms with Gasteiger partial charge in [0.2, 0.25) is 0 Å². The molecular weight excluding hydrogens is 306 g/mol. The molecule has 0 aliphatic rings. The van der Waals surface area contributed by atoms with Crippen molar-refractivity contribution in [2.45, 2.75) is 18.8 Å². The molecule has 0 fully saturated rings.